The van der Waals surface area contributed by atoms with Gasteiger partial charge < -0.3 is 4.57 Å². The number of hydrogen-bond donors (Lipinski definition) is 1. The van der Waals surface area contributed by atoms with Crippen molar-refractivity contribution in [2.24, 2.45) is 7.05 Å². The third kappa shape index (κ3) is 2.78. The van der Waals surface area contributed by atoms with Gasteiger partial charge in [-0.1, -0.05) is 23.8 Å². The van der Waals surface area contributed by atoms with Crippen LogP contribution >= 0.6 is 11.3 Å². The number of carbonyl (C=O) groups is 1. The minimum atomic E-state index is -0.207. The van der Waals surface area contributed by atoms with Crippen LogP contribution in [0.1, 0.15) is 21.6 Å². The highest BCUT2D eigenvalue weighted by Gasteiger charge is 2.13. The molecule has 6 heteroatoms. The number of carbonyl (C=O) groups excluding carboxylic acids is 1. The number of aryl methyl sites for hydroxylation is 3. The standard InChI is InChI=1S/C16H16N4OS/c1-10-4-5-12(11(2)6-10)13-8-22-16(18-13)19-15(21)14-7-17-9-20(14)3/h4-9H,1-3H3,(H,18,19,21). The molecule has 0 fully saturated rings. The summed E-state index contributed by atoms with van der Waals surface area (Å²) in [6.45, 7) is 4.13. The summed E-state index contributed by atoms with van der Waals surface area (Å²) < 4.78 is 1.67. The molecule has 1 aromatic carbocycles. The van der Waals surface area contributed by atoms with Crippen LogP contribution < -0.4 is 5.32 Å². The predicted molar refractivity (Wildman–Crippen MR) is 88.2 cm³/mol. The zero-order chi connectivity index (χ0) is 15.7. The maximum Gasteiger partial charge on any atom is 0.275 e. The van der Waals surface area contributed by atoms with Crippen LogP contribution in [0.3, 0.4) is 0 Å². The number of nitrogens with one attached hydrogen (secondary N) is 1. The van der Waals surface area contributed by atoms with Crippen molar-refractivity contribution >= 4 is 22.4 Å². The lowest BCUT2D eigenvalue weighted by Crippen LogP contribution is -2.15. The van der Waals surface area contributed by atoms with Crippen molar-refractivity contribution in [3.63, 3.8) is 0 Å². The van der Waals surface area contributed by atoms with Gasteiger partial charge in [-0.05, 0) is 19.4 Å². The number of hydrogen-bond acceptors (Lipinski definition) is 4. The Morgan fingerprint density at radius 1 is 1.32 bits per heavy atom. The van der Waals surface area contributed by atoms with Gasteiger partial charge in [0.1, 0.15) is 5.69 Å². The molecule has 3 aromatic rings. The summed E-state index contributed by atoms with van der Waals surface area (Å²) in [6, 6.07) is 6.25. The minimum Gasteiger partial charge on any atom is -0.330 e. The summed E-state index contributed by atoms with van der Waals surface area (Å²) in [7, 11) is 1.78. The van der Waals surface area contributed by atoms with Crippen LogP contribution in [-0.4, -0.2) is 20.4 Å². The Labute approximate surface area is 132 Å². The van der Waals surface area contributed by atoms with Crippen LogP contribution in [0.15, 0.2) is 36.1 Å². The number of aromatic nitrogens is 3. The molecular formula is C16H16N4OS. The highest BCUT2D eigenvalue weighted by molar-refractivity contribution is 7.14. The summed E-state index contributed by atoms with van der Waals surface area (Å²) in [6.07, 6.45) is 3.13. The topological polar surface area (TPSA) is 59.8 Å². The third-order valence-corrected chi connectivity index (χ3v) is 4.19. The van der Waals surface area contributed by atoms with Crippen molar-refractivity contribution in [3.8, 4) is 11.3 Å². The van der Waals surface area contributed by atoms with Gasteiger partial charge in [0.15, 0.2) is 5.13 Å². The second-order valence-corrected chi connectivity index (χ2v) is 6.06. The van der Waals surface area contributed by atoms with Crippen molar-refractivity contribution in [1.82, 2.24) is 14.5 Å². The molecule has 0 aliphatic carbocycles. The van der Waals surface area contributed by atoms with Gasteiger partial charge in [0.2, 0.25) is 0 Å². The Morgan fingerprint density at radius 2 is 2.14 bits per heavy atom. The van der Waals surface area contributed by atoms with E-state index in [2.05, 4.69) is 47.3 Å². The van der Waals surface area contributed by atoms with Crippen LogP contribution in [-0.2, 0) is 7.05 Å². The quantitative estimate of drug-likeness (QED) is 0.806. The molecular weight excluding hydrogens is 296 g/mol. The first-order chi connectivity index (χ1) is 10.5. The predicted octanol–water partition coefficient (Wildman–Crippen LogP) is 3.41. The molecule has 3 rings (SSSR count). The van der Waals surface area contributed by atoms with Gasteiger partial charge in [-0.25, -0.2) is 9.97 Å². The molecule has 1 N–H and O–H groups in total. The Hall–Kier alpha value is -2.47. The maximum atomic E-state index is 12.1. The number of rotatable bonds is 3. The summed E-state index contributed by atoms with van der Waals surface area (Å²) in [5.74, 6) is -0.207. The zero-order valence-corrected chi connectivity index (χ0v) is 13.4. The third-order valence-electron chi connectivity index (χ3n) is 3.43. The van der Waals surface area contributed by atoms with Gasteiger partial charge in [0, 0.05) is 18.0 Å². The number of imidazole rings is 1. The summed E-state index contributed by atoms with van der Waals surface area (Å²) in [4.78, 5) is 20.6. The normalized spacial score (nSPS) is 10.7. The average Bonchev–Trinajstić information content (AvgIpc) is 3.08. The van der Waals surface area contributed by atoms with Crippen molar-refractivity contribution in [3.05, 3.63) is 52.9 Å². The largest absolute Gasteiger partial charge is 0.330 e. The lowest BCUT2D eigenvalue weighted by Gasteiger charge is -2.04. The van der Waals surface area contributed by atoms with Gasteiger partial charge in [-0.2, -0.15) is 0 Å². The van der Waals surface area contributed by atoms with E-state index in [0.717, 1.165) is 11.3 Å². The fourth-order valence-corrected chi connectivity index (χ4v) is 3.00. The van der Waals surface area contributed by atoms with Gasteiger partial charge >= 0.3 is 0 Å². The molecule has 0 aliphatic rings. The van der Waals surface area contributed by atoms with Crippen molar-refractivity contribution in [2.75, 3.05) is 5.32 Å². The molecule has 0 saturated heterocycles. The number of anilines is 1. The molecule has 2 aromatic heterocycles. The highest BCUT2D eigenvalue weighted by Crippen LogP contribution is 2.28. The first-order valence-corrected chi connectivity index (χ1v) is 7.73. The molecule has 0 radical (unpaired) electrons. The van der Waals surface area contributed by atoms with Crippen molar-refractivity contribution in [1.29, 1.82) is 0 Å². The summed E-state index contributed by atoms with van der Waals surface area (Å²) in [5.41, 5.74) is 4.87. The SMILES string of the molecule is Cc1ccc(-c2csc(NC(=O)c3cncn3C)n2)c(C)c1. The van der Waals surface area contributed by atoms with Gasteiger partial charge in [-0.15, -0.1) is 11.3 Å². The van der Waals surface area contributed by atoms with E-state index >= 15 is 0 Å². The smallest absolute Gasteiger partial charge is 0.275 e. The average molecular weight is 312 g/mol. The minimum absolute atomic E-state index is 0.207. The maximum absolute atomic E-state index is 12.1. The van der Waals surface area contributed by atoms with Crippen molar-refractivity contribution < 1.29 is 4.79 Å². The van der Waals surface area contributed by atoms with Gasteiger partial charge in [0.25, 0.3) is 5.91 Å². The molecule has 0 atom stereocenters. The number of thiazole rings is 1. The van der Waals surface area contributed by atoms with E-state index in [1.165, 1.54) is 28.7 Å². The molecule has 22 heavy (non-hydrogen) atoms. The Kier molecular flexibility index (Phi) is 3.77. The van der Waals surface area contributed by atoms with E-state index in [9.17, 15) is 4.79 Å². The zero-order valence-electron chi connectivity index (χ0n) is 12.6. The molecule has 1 amide bonds. The van der Waals surface area contributed by atoms with Crippen LogP contribution in [0.5, 0.6) is 0 Å². The fraction of sp³-hybridized carbons (Fsp3) is 0.188. The molecule has 0 spiro atoms. The van der Waals surface area contributed by atoms with Gasteiger partial charge in [-0.3, -0.25) is 10.1 Å². The van der Waals surface area contributed by atoms with Crippen molar-refractivity contribution in [2.45, 2.75) is 13.8 Å². The van der Waals surface area contributed by atoms with Gasteiger partial charge in [0.05, 0.1) is 18.2 Å². The summed E-state index contributed by atoms with van der Waals surface area (Å²) >= 11 is 1.42. The Bertz CT molecular complexity index is 834. The molecule has 0 aliphatic heterocycles. The van der Waals surface area contributed by atoms with E-state index in [4.69, 9.17) is 0 Å². The highest BCUT2D eigenvalue weighted by atomic mass is 32.1. The summed E-state index contributed by atoms with van der Waals surface area (Å²) in [5, 5.41) is 5.35. The van der Waals surface area contributed by atoms with Crippen LogP contribution in [0.4, 0.5) is 5.13 Å². The molecule has 112 valence electrons. The van der Waals surface area contributed by atoms with Crippen LogP contribution in [0, 0.1) is 13.8 Å². The van der Waals surface area contributed by atoms with E-state index in [-0.39, 0.29) is 5.91 Å². The second kappa shape index (κ2) is 5.73. The molecule has 0 saturated carbocycles. The van der Waals surface area contributed by atoms with Crippen LogP contribution in [0.25, 0.3) is 11.3 Å². The number of amides is 1. The van der Waals surface area contributed by atoms with Crippen LogP contribution in [0.2, 0.25) is 0 Å². The lowest BCUT2D eigenvalue weighted by atomic mass is 10.0. The molecule has 0 unspecified atom stereocenters. The molecule has 5 nitrogen and oxygen atoms in total. The molecule has 0 bridgehead atoms. The monoisotopic (exact) mass is 312 g/mol. The first-order valence-electron chi connectivity index (χ1n) is 6.85. The van der Waals surface area contributed by atoms with E-state index in [1.54, 1.807) is 17.9 Å². The lowest BCUT2D eigenvalue weighted by molar-refractivity contribution is 0.101. The molecule has 2 heterocycles. The fourth-order valence-electron chi connectivity index (χ4n) is 2.29. The van der Waals surface area contributed by atoms with E-state index in [1.807, 2.05) is 5.38 Å². The second-order valence-electron chi connectivity index (χ2n) is 5.20. The number of benzene rings is 1. The van der Waals surface area contributed by atoms with E-state index < -0.39 is 0 Å². The Morgan fingerprint density at radius 3 is 2.82 bits per heavy atom. The first kappa shape index (κ1) is 14.5. The van der Waals surface area contributed by atoms with E-state index in [0.29, 0.717) is 10.8 Å². The number of nitrogens with zero attached hydrogens (tertiary/aromatic N) is 3. The Balaban J connectivity index is 1.82.